The number of alkyl halides is 2. The normalized spacial score (nSPS) is 17.5. The topological polar surface area (TPSA) is 71.5 Å². The Hall–Kier alpha value is -3.73. The number of nitriles is 1. The summed E-state index contributed by atoms with van der Waals surface area (Å²) in [6.07, 6.45) is 5.43. The first kappa shape index (κ1) is 18.3. The highest BCUT2D eigenvalue weighted by Gasteiger charge is 2.40. The molecule has 8 heteroatoms. The van der Waals surface area contributed by atoms with Crippen LogP contribution in [0.25, 0.3) is 16.6 Å². The predicted molar refractivity (Wildman–Crippen MR) is 108 cm³/mol. The Labute approximate surface area is 171 Å². The number of hydrogen-bond donors (Lipinski definition) is 1. The van der Waals surface area contributed by atoms with E-state index in [-0.39, 0.29) is 23.6 Å². The first-order valence-corrected chi connectivity index (χ1v) is 9.60. The molecule has 30 heavy (non-hydrogen) atoms. The zero-order chi connectivity index (χ0) is 20.9. The van der Waals surface area contributed by atoms with Gasteiger partial charge in [-0.1, -0.05) is 6.07 Å². The second-order valence-electron chi connectivity index (χ2n) is 7.56. The highest BCUT2D eigenvalue weighted by atomic mass is 19.3. The van der Waals surface area contributed by atoms with Gasteiger partial charge in [0.2, 0.25) is 0 Å². The van der Waals surface area contributed by atoms with Crippen LogP contribution in [0.3, 0.4) is 0 Å². The second-order valence-corrected chi connectivity index (χ2v) is 7.56. The molecule has 0 saturated carbocycles. The third kappa shape index (κ3) is 2.99. The van der Waals surface area contributed by atoms with Crippen molar-refractivity contribution in [3.05, 3.63) is 71.7 Å². The van der Waals surface area contributed by atoms with Gasteiger partial charge in [0.15, 0.2) is 0 Å². The van der Waals surface area contributed by atoms with Gasteiger partial charge >= 0.3 is 0 Å². The average Bonchev–Trinajstić information content (AvgIpc) is 3.35. The summed E-state index contributed by atoms with van der Waals surface area (Å²) in [5.41, 5.74) is 3.28. The van der Waals surface area contributed by atoms with E-state index in [2.05, 4.69) is 15.5 Å². The van der Waals surface area contributed by atoms with E-state index in [0.29, 0.717) is 12.0 Å². The molecule has 0 bridgehead atoms. The van der Waals surface area contributed by atoms with Crippen LogP contribution in [-0.4, -0.2) is 19.6 Å². The molecule has 1 N–H and O–H groups in total. The van der Waals surface area contributed by atoms with Gasteiger partial charge < -0.3 is 5.32 Å². The monoisotopic (exact) mass is 404 g/mol. The fourth-order valence-electron chi connectivity index (χ4n) is 4.04. The summed E-state index contributed by atoms with van der Waals surface area (Å²) < 4.78 is 32.5. The molecule has 1 atom stereocenters. The summed E-state index contributed by atoms with van der Waals surface area (Å²) in [6.45, 7) is 0. The van der Waals surface area contributed by atoms with Crippen molar-refractivity contribution in [1.82, 2.24) is 19.6 Å². The van der Waals surface area contributed by atoms with Gasteiger partial charge in [0, 0.05) is 30.1 Å². The van der Waals surface area contributed by atoms with Crippen molar-refractivity contribution in [3.63, 3.8) is 0 Å². The third-order valence-electron chi connectivity index (χ3n) is 5.55. The molecule has 1 aliphatic carbocycles. The maximum Gasteiger partial charge on any atom is 0.273 e. The SMILES string of the molecule is Cn1cc(-n2ncc3ccc(N[C@@H]4CCC(F)(F)c5cc(C#N)ccc54)cc32)cn1. The first-order chi connectivity index (χ1) is 14.4. The van der Waals surface area contributed by atoms with Crippen LogP contribution in [0.1, 0.15) is 35.6 Å². The number of fused-ring (bicyclic) bond motifs is 2. The number of aryl methyl sites for hydroxylation is 1. The fourth-order valence-corrected chi connectivity index (χ4v) is 4.04. The minimum atomic E-state index is -2.93. The van der Waals surface area contributed by atoms with E-state index in [1.54, 1.807) is 33.9 Å². The van der Waals surface area contributed by atoms with E-state index in [0.717, 1.165) is 22.3 Å². The van der Waals surface area contributed by atoms with Gasteiger partial charge in [0.25, 0.3) is 5.92 Å². The highest BCUT2D eigenvalue weighted by molar-refractivity contribution is 5.83. The first-order valence-electron chi connectivity index (χ1n) is 9.60. The molecule has 1 aliphatic rings. The molecule has 0 unspecified atom stereocenters. The maximum atomic E-state index is 14.5. The van der Waals surface area contributed by atoms with E-state index in [1.165, 1.54) is 6.07 Å². The van der Waals surface area contributed by atoms with Gasteiger partial charge in [-0.05, 0) is 42.3 Å². The fraction of sp³-hybridized carbons (Fsp3) is 0.227. The van der Waals surface area contributed by atoms with E-state index in [1.807, 2.05) is 37.5 Å². The zero-order valence-corrected chi connectivity index (χ0v) is 16.2. The van der Waals surface area contributed by atoms with Crippen LogP contribution in [0.2, 0.25) is 0 Å². The summed E-state index contributed by atoms with van der Waals surface area (Å²) >= 11 is 0. The van der Waals surface area contributed by atoms with Gasteiger partial charge in [-0.3, -0.25) is 4.68 Å². The van der Waals surface area contributed by atoms with Crippen LogP contribution < -0.4 is 5.32 Å². The molecular weight excluding hydrogens is 386 g/mol. The largest absolute Gasteiger partial charge is 0.378 e. The molecule has 4 aromatic rings. The molecule has 2 aromatic heterocycles. The zero-order valence-electron chi connectivity index (χ0n) is 16.2. The number of benzene rings is 2. The van der Waals surface area contributed by atoms with E-state index in [4.69, 9.17) is 5.26 Å². The molecule has 2 heterocycles. The Morgan fingerprint density at radius 3 is 2.80 bits per heavy atom. The number of nitrogens with one attached hydrogen (secondary N) is 1. The minimum Gasteiger partial charge on any atom is -0.378 e. The molecule has 0 aliphatic heterocycles. The molecule has 0 spiro atoms. The number of nitrogens with zero attached hydrogens (tertiary/aromatic N) is 5. The van der Waals surface area contributed by atoms with Crippen molar-refractivity contribution in [1.29, 1.82) is 5.26 Å². The van der Waals surface area contributed by atoms with Gasteiger partial charge in [-0.15, -0.1) is 0 Å². The number of rotatable bonds is 3. The van der Waals surface area contributed by atoms with Crippen molar-refractivity contribution >= 4 is 16.6 Å². The lowest BCUT2D eigenvalue weighted by Crippen LogP contribution is -2.27. The molecule has 2 aromatic carbocycles. The average molecular weight is 404 g/mol. The lowest BCUT2D eigenvalue weighted by molar-refractivity contribution is -0.0241. The predicted octanol–water partition coefficient (Wildman–Crippen LogP) is 4.67. The third-order valence-corrected chi connectivity index (χ3v) is 5.55. The van der Waals surface area contributed by atoms with E-state index >= 15 is 0 Å². The van der Waals surface area contributed by atoms with Crippen LogP contribution in [0, 0.1) is 11.3 Å². The van der Waals surface area contributed by atoms with E-state index < -0.39 is 5.92 Å². The highest BCUT2D eigenvalue weighted by Crippen LogP contribution is 2.45. The second kappa shape index (κ2) is 6.66. The Bertz CT molecular complexity index is 1300. The Balaban J connectivity index is 1.51. The smallest absolute Gasteiger partial charge is 0.273 e. The summed E-state index contributed by atoms with van der Waals surface area (Å²) in [7, 11) is 1.84. The summed E-state index contributed by atoms with van der Waals surface area (Å²) in [6, 6.07) is 12.1. The number of hydrogen-bond acceptors (Lipinski definition) is 4. The molecule has 0 fully saturated rings. The van der Waals surface area contributed by atoms with Crippen LogP contribution >= 0.6 is 0 Å². The standard InChI is InChI=1S/C22H18F2N6/c1-29-13-17(12-26-29)30-21-9-16(4-3-15(21)11-27-30)28-20-6-7-22(23,24)19-8-14(10-25)2-5-18(19)20/h2-5,8-9,11-13,20,28H,6-7H2,1H3/t20-/m1/s1. The van der Waals surface area contributed by atoms with E-state index in [9.17, 15) is 8.78 Å². The Morgan fingerprint density at radius 1 is 1.17 bits per heavy atom. The Kier molecular flexibility index (Phi) is 4.07. The van der Waals surface area contributed by atoms with Crippen molar-refractivity contribution in [2.24, 2.45) is 7.05 Å². The number of anilines is 1. The quantitative estimate of drug-likeness (QED) is 0.539. The van der Waals surface area contributed by atoms with Crippen molar-refractivity contribution in [2.45, 2.75) is 24.8 Å². The summed E-state index contributed by atoms with van der Waals surface area (Å²) in [4.78, 5) is 0. The summed E-state index contributed by atoms with van der Waals surface area (Å²) in [5.74, 6) is -2.93. The van der Waals surface area contributed by atoms with Crippen LogP contribution in [0.15, 0.2) is 55.0 Å². The molecule has 150 valence electrons. The number of aromatic nitrogens is 4. The van der Waals surface area contributed by atoms with Crippen LogP contribution in [0.4, 0.5) is 14.5 Å². The molecular formula is C22H18F2N6. The van der Waals surface area contributed by atoms with Crippen LogP contribution in [-0.2, 0) is 13.0 Å². The van der Waals surface area contributed by atoms with Gasteiger partial charge in [-0.2, -0.15) is 15.5 Å². The molecule has 0 amide bonds. The van der Waals surface area contributed by atoms with Crippen molar-refractivity contribution in [3.8, 4) is 11.8 Å². The number of halogens is 2. The van der Waals surface area contributed by atoms with Crippen molar-refractivity contribution in [2.75, 3.05) is 5.32 Å². The van der Waals surface area contributed by atoms with Gasteiger partial charge in [-0.25, -0.2) is 13.5 Å². The Morgan fingerprint density at radius 2 is 2.03 bits per heavy atom. The van der Waals surface area contributed by atoms with Gasteiger partial charge in [0.05, 0.1) is 41.8 Å². The van der Waals surface area contributed by atoms with Gasteiger partial charge in [0.1, 0.15) is 5.69 Å². The maximum absolute atomic E-state index is 14.5. The van der Waals surface area contributed by atoms with Crippen molar-refractivity contribution < 1.29 is 8.78 Å². The molecule has 6 nitrogen and oxygen atoms in total. The lowest BCUT2D eigenvalue weighted by Gasteiger charge is -2.32. The minimum absolute atomic E-state index is 0.0632. The lowest BCUT2D eigenvalue weighted by atomic mass is 9.84. The summed E-state index contributed by atoms with van der Waals surface area (Å²) in [5, 5.41) is 22.1. The molecule has 0 radical (unpaired) electrons. The molecule has 5 rings (SSSR count). The molecule has 0 saturated heterocycles. The van der Waals surface area contributed by atoms with Crippen LogP contribution in [0.5, 0.6) is 0 Å².